The SMILES string of the molecule is CC(NC(=O)CCCOc1ccccc1)c1ccc2c(c1)OCO2. The number of amides is 1. The van der Waals surface area contributed by atoms with Crippen molar-refractivity contribution in [2.45, 2.75) is 25.8 Å². The van der Waals surface area contributed by atoms with Gasteiger partial charge < -0.3 is 19.5 Å². The van der Waals surface area contributed by atoms with E-state index in [2.05, 4.69) is 5.32 Å². The minimum Gasteiger partial charge on any atom is -0.494 e. The lowest BCUT2D eigenvalue weighted by Gasteiger charge is -2.15. The summed E-state index contributed by atoms with van der Waals surface area (Å²) in [6.07, 6.45) is 1.11. The van der Waals surface area contributed by atoms with E-state index in [4.69, 9.17) is 14.2 Å². The molecular weight excluding hydrogens is 306 g/mol. The van der Waals surface area contributed by atoms with Gasteiger partial charge in [-0.1, -0.05) is 24.3 Å². The Balaban J connectivity index is 1.41. The summed E-state index contributed by atoms with van der Waals surface area (Å²) in [6.45, 7) is 2.73. The second kappa shape index (κ2) is 7.73. The fraction of sp³-hybridized carbons (Fsp3) is 0.316. The largest absolute Gasteiger partial charge is 0.494 e. The van der Waals surface area contributed by atoms with Crippen LogP contribution in [0.5, 0.6) is 17.2 Å². The summed E-state index contributed by atoms with van der Waals surface area (Å²) in [5, 5.41) is 3.00. The molecule has 0 bridgehead atoms. The van der Waals surface area contributed by atoms with Gasteiger partial charge in [-0.2, -0.15) is 0 Å². The highest BCUT2D eigenvalue weighted by molar-refractivity contribution is 5.76. The van der Waals surface area contributed by atoms with E-state index in [-0.39, 0.29) is 18.7 Å². The maximum Gasteiger partial charge on any atom is 0.231 e. The standard InChI is InChI=1S/C19H21NO4/c1-14(15-9-10-17-18(12-15)24-13-23-17)20-19(21)8-5-11-22-16-6-3-2-4-7-16/h2-4,6-7,9-10,12,14H,5,8,11,13H2,1H3,(H,20,21). The summed E-state index contributed by atoms with van der Waals surface area (Å²) in [6, 6.07) is 15.2. The van der Waals surface area contributed by atoms with Crippen LogP contribution in [0.1, 0.15) is 31.4 Å². The van der Waals surface area contributed by atoms with Crippen molar-refractivity contribution >= 4 is 5.91 Å². The molecule has 1 atom stereocenters. The molecule has 3 rings (SSSR count). The third-order valence-corrected chi connectivity index (χ3v) is 3.83. The van der Waals surface area contributed by atoms with Gasteiger partial charge in [0.25, 0.3) is 0 Å². The van der Waals surface area contributed by atoms with Gasteiger partial charge >= 0.3 is 0 Å². The van der Waals surface area contributed by atoms with Gasteiger partial charge in [-0.25, -0.2) is 0 Å². The Labute approximate surface area is 141 Å². The van der Waals surface area contributed by atoms with E-state index in [1.165, 1.54) is 0 Å². The lowest BCUT2D eigenvalue weighted by molar-refractivity contribution is -0.121. The third kappa shape index (κ3) is 4.19. The van der Waals surface area contributed by atoms with Gasteiger partial charge in [-0.05, 0) is 43.2 Å². The smallest absolute Gasteiger partial charge is 0.231 e. The van der Waals surface area contributed by atoms with Crippen molar-refractivity contribution in [2.75, 3.05) is 13.4 Å². The minimum absolute atomic E-state index is 0.0110. The van der Waals surface area contributed by atoms with Crippen molar-refractivity contribution in [3.63, 3.8) is 0 Å². The molecule has 1 amide bonds. The van der Waals surface area contributed by atoms with E-state index in [1.54, 1.807) is 0 Å². The van der Waals surface area contributed by atoms with E-state index in [1.807, 2.05) is 55.5 Å². The van der Waals surface area contributed by atoms with Crippen LogP contribution >= 0.6 is 0 Å². The molecule has 0 spiro atoms. The van der Waals surface area contributed by atoms with Gasteiger partial charge in [0.2, 0.25) is 12.7 Å². The molecule has 2 aromatic carbocycles. The predicted molar refractivity (Wildman–Crippen MR) is 90.3 cm³/mol. The van der Waals surface area contributed by atoms with Crippen molar-refractivity contribution < 1.29 is 19.0 Å². The second-order valence-electron chi connectivity index (χ2n) is 5.67. The molecule has 126 valence electrons. The Morgan fingerprint density at radius 2 is 1.96 bits per heavy atom. The van der Waals surface area contributed by atoms with Crippen LogP contribution in [0.2, 0.25) is 0 Å². The second-order valence-corrected chi connectivity index (χ2v) is 5.67. The van der Waals surface area contributed by atoms with Gasteiger partial charge in [-0.15, -0.1) is 0 Å². The molecule has 0 fully saturated rings. The normalized spacial score (nSPS) is 13.4. The van der Waals surface area contributed by atoms with E-state index in [9.17, 15) is 4.79 Å². The van der Waals surface area contributed by atoms with E-state index in [0.29, 0.717) is 19.4 Å². The number of hydrogen-bond donors (Lipinski definition) is 1. The zero-order valence-corrected chi connectivity index (χ0v) is 13.7. The molecule has 5 heteroatoms. The first kappa shape index (κ1) is 16.2. The average Bonchev–Trinajstić information content (AvgIpc) is 3.07. The number of rotatable bonds is 7. The molecule has 0 aromatic heterocycles. The van der Waals surface area contributed by atoms with Crippen molar-refractivity contribution in [2.24, 2.45) is 0 Å². The van der Waals surface area contributed by atoms with Crippen LogP contribution in [-0.2, 0) is 4.79 Å². The fourth-order valence-corrected chi connectivity index (χ4v) is 2.52. The molecule has 0 saturated carbocycles. The number of benzene rings is 2. The summed E-state index contributed by atoms with van der Waals surface area (Å²) in [7, 11) is 0. The van der Waals surface area contributed by atoms with Crippen LogP contribution in [0.25, 0.3) is 0 Å². The highest BCUT2D eigenvalue weighted by Gasteiger charge is 2.16. The molecule has 0 aliphatic carbocycles. The minimum atomic E-state index is -0.0814. The molecule has 1 heterocycles. The third-order valence-electron chi connectivity index (χ3n) is 3.83. The van der Waals surface area contributed by atoms with Crippen molar-refractivity contribution in [3.05, 3.63) is 54.1 Å². The highest BCUT2D eigenvalue weighted by Crippen LogP contribution is 2.34. The summed E-state index contributed by atoms with van der Waals surface area (Å²) in [4.78, 5) is 12.0. The molecular formula is C19H21NO4. The number of carbonyl (C=O) groups excluding carboxylic acids is 1. The van der Waals surface area contributed by atoms with E-state index < -0.39 is 0 Å². The Kier molecular flexibility index (Phi) is 5.21. The Morgan fingerprint density at radius 1 is 1.17 bits per heavy atom. The van der Waals surface area contributed by atoms with Crippen LogP contribution < -0.4 is 19.5 Å². The van der Waals surface area contributed by atoms with Gasteiger partial charge in [0.1, 0.15) is 5.75 Å². The van der Waals surface area contributed by atoms with Gasteiger partial charge in [-0.3, -0.25) is 4.79 Å². The number of hydrogen-bond acceptors (Lipinski definition) is 4. The first-order chi connectivity index (χ1) is 11.7. The van der Waals surface area contributed by atoms with Crippen molar-refractivity contribution in [1.82, 2.24) is 5.32 Å². The predicted octanol–water partition coefficient (Wildman–Crippen LogP) is 3.45. The van der Waals surface area contributed by atoms with Crippen LogP contribution in [0.15, 0.2) is 48.5 Å². The van der Waals surface area contributed by atoms with E-state index in [0.717, 1.165) is 22.8 Å². The maximum absolute atomic E-state index is 12.0. The average molecular weight is 327 g/mol. The molecule has 0 saturated heterocycles. The Hall–Kier alpha value is -2.69. The van der Waals surface area contributed by atoms with Crippen LogP contribution in [0.3, 0.4) is 0 Å². The van der Waals surface area contributed by atoms with Crippen molar-refractivity contribution in [3.8, 4) is 17.2 Å². The molecule has 1 aliphatic heterocycles. The van der Waals surface area contributed by atoms with Crippen molar-refractivity contribution in [1.29, 1.82) is 0 Å². The number of nitrogens with one attached hydrogen (secondary N) is 1. The molecule has 5 nitrogen and oxygen atoms in total. The van der Waals surface area contributed by atoms with Crippen LogP contribution in [0.4, 0.5) is 0 Å². The molecule has 2 aromatic rings. The van der Waals surface area contributed by atoms with Crippen LogP contribution in [-0.4, -0.2) is 19.3 Å². The lowest BCUT2D eigenvalue weighted by Crippen LogP contribution is -2.26. The Bertz CT molecular complexity index is 687. The van der Waals surface area contributed by atoms with Gasteiger partial charge in [0.15, 0.2) is 11.5 Å². The van der Waals surface area contributed by atoms with Gasteiger partial charge in [0, 0.05) is 6.42 Å². The molecule has 1 aliphatic rings. The molecule has 24 heavy (non-hydrogen) atoms. The summed E-state index contributed by atoms with van der Waals surface area (Å²) in [5.74, 6) is 2.31. The zero-order valence-electron chi connectivity index (χ0n) is 13.7. The van der Waals surface area contributed by atoms with E-state index >= 15 is 0 Å². The number of para-hydroxylation sites is 1. The number of carbonyl (C=O) groups is 1. The first-order valence-corrected chi connectivity index (χ1v) is 8.09. The zero-order chi connectivity index (χ0) is 16.8. The lowest BCUT2D eigenvalue weighted by atomic mass is 10.1. The first-order valence-electron chi connectivity index (χ1n) is 8.09. The summed E-state index contributed by atoms with van der Waals surface area (Å²) < 4.78 is 16.2. The highest BCUT2D eigenvalue weighted by atomic mass is 16.7. The monoisotopic (exact) mass is 327 g/mol. The quantitative estimate of drug-likeness (QED) is 0.791. The van der Waals surface area contributed by atoms with Crippen LogP contribution in [0, 0.1) is 0 Å². The topological polar surface area (TPSA) is 56.8 Å². The maximum atomic E-state index is 12.0. The number of ether oxygens (including phenoxy) is 3. The molecule has 1 unspecified atom stereocenters. The summed E-state index contributed by atoms with van der Waals surface area (Å²) in [5.41, 5.74) is 0.994. The summed E-state index contributed by atoms with van der Waals surface area (Å²) >= 11 is 0. The molecule has 1 N–H and O–H groups in total. The fourth-order valence-electron chi connectivity index (χ4n) is 2.52. The van der Waals surface area contributed by atoms with Gasteiger partial charge in [0.05, 0.1) is 12.6 Å². The molecule has 0 radical (unpaired) electrons. The Morgan fingerprint density at radius 3 is 2.79 bits per heavy atom. The number of fused-ring (bicyclic) bond motifs is 1.